The van der Waals surface area contributed by atoms with Crippen LogP contribution in [-0.2, 0) is 9.53 Å². The van der Waals surface area contributed by atoms with Crippen molar-refractivity contribution < 1.29 is 14.3 Å². The van der Waals surface area contributed by atoms with Crippen molar-refractivity contribution in [3.8, 4) is 0 Å². The number of hydrogen-bond acceptors (Lipinski definition) is 3. The number of benzene rings is 1. The number of carbonyl (C=O) groups is 2. The predicted octanol–water partition coefficient (Wildman–Crippen LogP) is 3.62. The average Bonchev–Trinajstić information content (AvgIpc) is 2.48. The molecule has 0 N–H and O–H groups in total. The molecule has 1 saturated heterocycles. The minimum absolute atomic E-state index is 0.154. The zero-order valence-corrected chi connectivity index (χ0v) is 13.6. The highest BCUT2D eigenvalue weighted by Gasteiger charge is 2.32. The van der Waals surface area contributed by atoms with E-state index in [2.05, 4.69) is 0 Å². The van der Waals surface area contributed by atoms with Gasteiger partial charge in [0, 0.05) is 19.0 Å². The highest BCUT2D eigenvalue weighted by Crippen LogP contribution is 2.30. The Kier molecular flexibility index (Phi) is 5.22. The molecular formula is C18H25NO3. The third kappa shape index (κ3) is 4.33. The van der Waals surface area contributed by atoms with E-state index < -0.39 is 5.60 Å². The van der Waals surface area contributed by atoms with Gasteiger partial charge in [-0.15, -0.1) is 0 Å². The Labute approximate surface area is 132 Å². The van der Waals surface area contributed by atoms with E-state index in [4.69, 9.17) is 4.74 Å². The first-order valence-electron chi connectivity index (χ1n) is 7.89. The highest BCUT2D eigenvalue weighted by atomic mass is 16.6. The number of likely N-dealkylation sites (tertiary alicyclic amines) is 1. The van der Waals surface area contributed by atoms with Crippen molar-refractivity contribution >= 4 is 12.4 Å². The van der Waals surface area contributed by atoms with Crippen LogP contribution in [0.15, 0.2) is 30.3 Å². The Bertz CT molecular complexity index is 507. The number of aldehydes is 1. The maximum atomic E-state index is 12.2. The van der Waals surface area contributed by atoms with Crippen LogP contribution in [0.4, 0.5) is 4.79 Å². The van der Waals surface area contributed by atoms with E-state index in [1.165, 1.54) is 0 Å². The molecule has 1 amide bonds. The quantitative estimate of drug-likeness (QED) is 0.801. The number of carbonyl (C=O) groups excluding carboxylic acids is 2. The number of rotatable bonds is 3. The minimum Gasteiger partial charge on any atom is -0.444 e. The van der Waals surface area contributed by atoms with E-state index in [-0.39, 0.29) is 17.9 Å². The van der Waals surface area contributed by atoms with Crippen molar-refractivity contribution in [1.82, 2.24) is 4.90 Å². The van der Waals surface area contributed by atoms with Crippen LogP contribution >= 0.6 is 0 Å². The first-order valence-corrected chi connectivity index (χ1v) is 7.89. The molecule has 0 saturated carbocycles. The van der Waals surface area contributed by atoms with Gasteiger partial charge in [-0.3, -0.25) is 0 Å². The van der Waals surface area contributed by atoms with Gasteiger partial charge >= 0.3 is 6.09 Å². The number of hydrogen-bond donors (Lipinski definition) is 0. The summed E-state index contributed by atoms with van der Waals surface area (Å²) in [5, 5.41) is 0. The van der Waals surface area contributed by atoms with Crippen molar-refractivity contribution in [3.63, 3.8) is 0 Å². The predicted molar refractivity (Wildman–Crippen MR) is 85.8 cm³/mol. The lowest BCUT2D eigenvalue weighted by Crippen LogP contribution is -2.44. The van der Waals surface area contributed by atoms with E-state index in [0.717, 1.165) is 24.7 Å². The summed E-state index contributed by atoms with van der Waals surface area (Å²) in [6, 6.07) is 9.79. The molecule has 0 aromatic heterocycles. The molecule has 22 heavy (non-hydrogen) atoms. The normalized spacial score (nSPS) is 20.3. The molecule has 0 bridgehead atoms. The zero-order valence-electron chi connectivity index (χ0n) is 13.6. The molecule has 0 aliphatic carbocycles. The second-order valence-corrected chi connectivity index (χ2v) is 6.90. The second-order valence-electron chi connectivity index (χ2n) is 6.90. The maximum absolute atomic E-state index is 12.2. The van der Waals surface area contributed by atoms with E-state index in [0.29, 0.717) is 13.1 Å². The van der Waals surface area contributed by atoms with Crippen LogP contribution < -0.4 is 0 Å². The minimum atomic E-state index is -0.493. The molecule has 1 aliphatic rings. The van der Waals surface area contributed by atoms with E-state index in [1.54, 1.807) is 4.90 Å². The van der Waals surface area contributed by atoms with E-state index >= 15 is 0 Å². The van der Waals surface area contributed by atoms with Crippen molar-refractivity contribution in [2.24, 2.45) is 5.92 Å². The molecule has 2 unspecified atom stereocenters. The fourth-order valence-corrected chi connectivity index (χ4v) is 2.93. The summed E-state index contributed by atoms with van der Waals surface area (Å²) in [6.07, 6.45) is 2.59. The standard InChI is InChI=1S/C18H25NO3/c1-18(2,3)22-17(21)19-11-7-10-15(12-19)16(13-20)14-8-5-4-6-9-14/h4-6,8-9,13,15-16H,7,10-12H2,1-3H3. The smallest absolute Gasteiger partial charge is 0.410 e. The van der Waals surface area contributed by atoms with Gasteiger partial charge < -0.3 is 14.4 Å². The second kappa shape index (κ2) is 6.95. The SMILES string of the molecule is CC(C)(C)OC(=O)N1CCCC(C(C=O)c2ccccc2)C1. The van der Waals surface area contributed by atoms with Gasteiger partial charge in [0.1, 0.15) is 11.9 Å². The molecule has 0 radical (unpaired) electrons. The molecule has 4 heteroatoms. The summed E-state index contributed by atoms with van der Waals surface area (Å²) in [6.45, 7) is 6.87. The molecule has 1 heterocycles. The van der Waals surface area contributed by atoms with Crippen LogP contribution in [0.3, 0.4) is 0 Å². The molecule has 1 fully saturated rings. The lowest BCUT2D eigenvalue weighted by atomic mass is 9.82. The summed E-state index contributed by atoms with van der Waals surface area (Å²) < 4.78 is 5.44. The van der Waals surface area contributed by atoms with Crippen LogP contribution in [0.25, 0.3) is 0 Å². The number of amides is 1. The van der Waals surface area contributed by atoms with Crippen LogP contribution in [0.2, 0.25) is 0 Å². The van der Waals surface area contributed by atoms with E-state index in [1.807, 2.05) is 51.1 Å². The summed E-state index contributed by atoms with van der Waals surface area (Å²) in [5.74, 6) is -0.00685. The van der Waals surface area contributed by atoms with Crippen LogP contribution in [0.1, 0.15) is 45.1 Å². The highest BCUT2D eigenvalue weighted by molar-refractivity contribution is 5.69. The molecule has 1 aromatic carbocycles. The fourth-order valence-electron chi connectivity index (χ4n) is 2.93. The van der Waals surface area contributed by atoms with Crippen molar-refractivity contribution in [3.05, 3.63) is 35.9 Å². The first-order chi connectivity index (χ1) is 10.4. The van der Waals surface area contributed by atoms with Crippen molar-refractivity contribution in [1.29, 1.82) is 0 Å². The van der Waals surface area contributed by atoms with Gasteiger partial charge in [0.15, 0.2) is 0 Å². The summed E-state index contributed by atoms with van der Waals surface area (Å²) in [7, 11) is 0. The topological polar surface area (TPSA) is 46.6 Å². The van der Waals surface area contributed by atoms with E-state index in [9.17, 15) is 9.59 Å². The summed E-state index contributed by atoms with van der Waals surface area (Å²) >= 11 is 0. The fraction of sp³-hybridized carbons (Fsp3) is 0.556. The van der Waals surface area contributed by atoms with Crippen LogP contribution in [0.5, 0.6) is 0 Å². The number of ether oxygens (including phenoxy) is 1. The Balaban J connectivity index is 2.06. The van der Waals surface area contributed by atoms with Crippen LogP contribution in [0, 0.1) is 5.92 Å². The molecular weight excluding hydrogens is 278 g/mol. The molecule has 2 rings (SSSR count). The lowest BCUT2D eigenvalue weighted by Gasteiger charge is -2.36. The van der Waals surface area contributed by atoms with Gasteiger partial charge in [-0.1, -0.05) is 30.3 Å². The largest absolute Gasteiger partial charge is 0.444 e. The lowest BCUT2D eigenvalue weighted by molar-refractivity contribution is -0.110. The molecule has 4 nitrogen and oxygen atoms in total. The van der Waals surface area contributed by atoms with Gasteiger partial charge in [-0.2, -0.15) is 0 Å². The van der Waals surface area contributed by atoms with Gasteiger partial charge in [0.2, 0.25) is 0 Å². The summed E-state index contributed by atoms with van der Waals surface area (Å²) in [4.78, 5) is 25.5. The molecule has 0 spiro atoms. The Hall–Kier alpha value is -1.84. The summed E-state index contributed by atoms with van der Waals surface area (Å²) in [5.41, 5.74) is 0.529. The first kappa shape index (κ1) is 16.5. The Morgan fingerprint density at radius 3 is 2.59 bits per heavy atom. The van der Waals surface area contributed by atoms with Gasteiger partial charge in [-0.25, -0.2) is 4.79 Å². The van der Waals surface area contributed by atoms with Crippen molar-refractivity contribution in [2.75, 3.05) is 13.1 Å². The zero-order chi connectivity index (χ0) is 16.2. The monoisotopic (exact) mass is 303 g/mol. The third-order valence-corrected chi connectivity index (χ3v) is 3.95. The molecule has 1 aromatic rings. The molecule has 1 aliphatic heterocycles. The molecule has 2 atom stereocenters. The van der Waals surface area contributed by atoms with Crippen LogP contribution in [-0.4, -0.2) is 36.0 Å². The Morgan fingerprint density at radius 2 is 2.00 bits per heavy atom. The average molecular weight is 303 g/mol. The number of piperidine rings is 1. The third-order valence-electron chi connectivity index (χ3n) is 3.95. The Morgan fingerprint density at radius 1 is 1.32 bits per heavy atom. The molecule has 120 valence electrons. The number of nitrogens with zero attached hydrogens (tertiary/aromatic N) is 1. The van der Waals surface area contributed by atoms with Gasteiger partial charge in [0.25, 0.3) is 0 Å². The maximum Gasteiger partial charge on any atom is 0.410 e. The van der Waals surface area contributed by atoms with Crippen molar-refractivity contribution in [2.45, 2.75) is 45.1 Å². The van der Waals surface area contributed by atoms with Gasteiger partial charge in [-0.05, 0) is 45.1 Å². The van der Waals surface area contributed by atoms with Gasteiger partial charge in [0.05, 0.1) is 0 Å².